The topological polar surface area (TPSA) is 71.3 Å². The van der Waals surface area contributed by atoms with E-state index in [1.807, 2.05) is 0 Å². The van der Waals surface area contributed by atoms with Crippen molar-refractivity contribution in [1.29, 1.82) is 0 Å². The lowest BCUT2D eigenvalue weighted by Gasteiger charge is -2.47. The summed E-state index contributed by atoms with van der Waals surface area (Å²) in [5, 5.41) is 13.0. The number of aromatic nitrogens is 1. The van der Waals surface area contributed by atoms with Crippen molar-refractivity contribution >= 4 is 11.7 Å². The van der Waals surface area contributed by atoms with Gasteiger partial charge in [-0.25, -0.2) is 0 Å². The van der Waals surface area contributed by atoms with Gasteiger partial charge in [0.2, 0.25) is 0 Å². The molecule has 2 rings (SSSR count). The lowest BCUT2D eigenvalue weighted by atomic mass is 9.64. The van der Waals surface area contributed by atoms with Crippen LogP contribution in [0.1, 0.15) is 67.8 Å². The molecule has 0 aliphatic heterocycles. The third-order valence-corrected chi connectivity index (χ3v) is 4.78. The first-order chi connectivity index (χ1) is 10.6. The summed E-state index contributed by atoms with van der Waals surface area (Å²) in [6.45, 7) is 7.92. The van der Waals surface area contributed by atoms with E-state index >= 15 is 0 Å². The Kier molecular flexibility index (Phi) is 4.71. The molecule has 128 valence electrons. The third kappa shape index (κ3) is 3.83. The smallest absolute Gasteiger partial charge is 0.268 e. The molecule has 1 fully saturated rings. The molecule has 2 atom stereocenters. The van der Waals surface area contributed by atoms with Crippen LogP contribution in [0.15, 0.2) is 12.3 Å². The van der Waals surface area contributed by atoms with Gasteiger partial charge in [-0.05, 0) is 43.6 Å². The van der Waals surface area contributed by atoms with Crippen LogP contribution in [0.2, 0.25) is 0 Å². The molecule has 2 unspecified atom stereocenters. The van der Waals surface area contributed by atoms with Crippen molar-refractivity contribution in [3.63, 3.8) is 0 Å². The monoisotopic (exact) mass is 320 g/mol. The molecule has 23 heavy (non-hydrogen) atoms. The standard InChI is InChI=1S/C18H28N2O3/c1-12-7-17(3,4)10-18(8-12,11-21)19-16(23)15-6-14(13(2)22)9-20(15)5/h6,9,12,21H,7-8,10-11H2,1-5H3,(H,19,23). The molecule has 2 N–H and O–H groups in total. The molecule has 5 nitrogen and oxygen atoms in total. The maximum Gasteiger partial charge on any atom is 0.268 e. The number of aliphatic hydroxyl groups excluding tert-OH is 1. The first kappa shape index (κ1) is 17.7. The third-order valence-electron chi connectivity index (χ3n) is 4.78. The van der Waals surface area contributed by atoms with Crippen molar-refractivity contribution in [3.05, 3.63) is 23.5 Å². The molecule has 5 heteroatoms. The summed E-state index contributed by atoms with van der Waals surface area (Å²) in [7, 11) is 1.75. The van der Waals surface area contributed by atoms with Crippen LogP contribution in [0, 0.1) is 11.3 Å². The van der Waals surface area contributed by atoms with E-state index in [2.05, 4.69) is 26.1 Å². The molecule has 1 aliphatic rings. The molecule has 1 amide bonds. The van der Waals surface area contributed by atoms with Crippen molar-refractivity contribution in [2.75, 3.05) is 6.61 Å². The van der Waals surface area contributed by atoms with E-state index in [0.29, 0.717) is 17.2 Å². The highest BCUT2D eigenvalue weighted by Gasteiger charge is 2.43. The van der Waals surface area contributed by atoms with Crippen LogP contribution in [0.3, 0.4) is 0 Å². The Bertz CT molecular complexity index is 618. The summed E-state index contributed by atoms with van der Waals surface area (Å²) in [5.74, 6) is 0.135. The summed E-state index contributed by atoms with van der Waals surface area (Å²) in [6, 6.07) is 1.61. The number of nitrogens with zero attached hydrogens (tertiary/aromatic N) is 1. The van der Waals surface area contributed by atoms with E-state index in [1.54, 1.807) is 23.9 Å². The predicted molar refractivity (Wildman–Crippen MR) is 89.5 cm³/mol. The van der Waals surface area contributed by atoms with E-state index in [4.69, 9.17) is 0 Å². The van der Waals surface area contributed by atoms with Crippen LogP contribution < -0.4 is 5.32 Å². The number of carbonyl (C=O) groups is 2. The molecular formula is C18H28N2O3. The number of hydrogen-bond acceptors (Lipinski definition) is 3. The molecular weight excluding hydrogens is 292 g/mol. The average Bonchev–Trinajstić information content (AvgIpc) is 2.78. The normalized spacial score (nSPS) is 26.8. The zero-order valence-electron chi connectivity index (χ0n) is 14.8. The van der Waals surface area contributed by atoms with Crippen LogP contribution in [-0.2, 0) is 7.05 Å². The number of carbonyl (C=O) groups excluding carboxylic acids is 2. The Morgan fingerprint density at radius 1 is 1.39 bits per heavy atom. The summed E-state index contributed by atoms with van der Waals surface area (Å²) >= 11 is 0. The minimum atomic E-state index is -0.598. The Morgan fingerprint density at radius 3 is 2.52 bits per heavy atom. The summed E-state index contributed by atoms with van der Waals surface area (Å²) < 4.78 is 1.66. The van der Waals surface area contributed by atoms with Gasteiger partial charge < -0.3 is 15.0 Å². The Balaban J connectivity index is 2.25. The van der Waals surface area contributed by atoms with E-state index in [9.17, 15) is 14.7 Å². The van der Waals surface area contributed by atoms with Crippen molar-refractivity contribution in [2.24, 2.45) is 18.4 Å². The number of nitrogens with one attached hydrogen (secondary N) is 1. The van der Waals surface area contributed by atoms with Gasteiger partial charge in [-0.15, -0.1) is 0 Å². The maximum atomic E-state index is 12.7. The fraction of sp³-hybridized carbons (Fsp3) is 0.667. The van der Waals surface area contributed by atoms with Gasteiger partial charge in [0.05, 0.1) is 12.1 Å². The molecule has 0 aromatic carbocycles. The molecule has 1 aromatic heterocycles. The van der Waals surface area contributed by atoms with Crippen molar-refractivity contribution < 1.29 is 14.7 Å². The van der Waals surface area contributed by atoms with Gasteiger partial charge >= 0.3 is 0 Å². The number of aryl methyl sites for hydroxylation is 1. The van der Waals surface area contributed by atoms with Crippen LogP contribution in [0.4, 0.5) is 0 Å². The highest BCUT2D eigenvalue weighted by atomic mass is 16.3. The van der Waals surface area contributed by atoms with Crippen molar-refractivity contribution in [3.8, 4) is 0 Å². The van der Waals surface area contributed by atoms with Crippen molar-refractivity contribution in [1.82, 2.24) is 9.88 Å². The minimum absolute atomic E-state index is 0.0658. The fourth-order valence-electron chi connectivity index (χ4n) is 4.29. The summed E-state index contributed by atoms with van der Waals surface area (Å²) in [4.78, 5) is 24.2. The fourth-order valence-corrected chi connectivity index (χ4v) is 4.29. The number of aliphatic hydroxyl groups is 1. The average molecular weight is 320 g/mol. The second-order valence-electron chi connectivity index (χ2n) is 8.03. The van der Waals surface area contributed by atoms with Gasteiger partial charge in [0.1, 0.15) is 5.69 Å². The van der Waals surface area contributed by atoms with Crippen molar-refractivity contribution in [2.45, 2.75) is 52.5 Å². The van der Waals surface area contributed by atoms with Crippen LogP contribution >= 0.6 is 0 Å². The number of Topliss-reactive ketones (excluding diaryl/α,β-unsaturated/α-hetero) is 1. The van der Waals surface area contributed by atoms with Gasteiger partial charge in [0.25, 0.3) is 5.91 Å². The number of rotatable bonds is 4. The Labute approximate surface area is 138 Å². The highest BCUT2D eigenvalue weighted by Crippen LogP contribution is 2.43. The maximum absolute atomic E-state index is 12.7. The SMILES string of the molecule is CC(=O)c1cc(C(=O)NC2(CO)CC(C)CC(C)(C)C2)n(C)c1. The molecule has 0 saturated heterocycles. The van der Waals surface area contributed by atoms with E-state index in [-0.39, 0.29) is 23.7 Å². The number of ketones is 1. The minimum Gasteiger partial charge on any atom is -0.394 e. The Hall–Kier alpha value is -1.62. The van der Waals surface area contributed by atoms with Crippen LogP contribution in [-0.4, -0.2) is 33.5 Å². The molecule has 1 aliphatic carbocycles. The van der Waals surface area contributed by atoms with E-state index in [1.165, 1.54) is 6.92 Å². The molecule has 0 spiro atoms. The molecule has 1 heterocycles. The zero-order chi connectivity index (χ0) is 17.4. The highest BCUT2D eigenvalue weighted by molar-refractivity contribution is 5.99. The number of amides is 1. The lowest BCUT2D eigenvalue weighted by Crippen LogP contribution is -2.57. The van der Waals surface area contributed by atoms with Gasteiger partial charge in [-0.2, -0.15) is 0 Å². The molecule has 0 bridgehead atoms. The zero-order valence-corrected chi connectivity index (χ0v) is 14.8. The first-order valence-corrected chi connectivity index (χ1v) is 8.18. The van der Waals surface area contributed by atoms with Gasteiger partial charge in [0.15, 0.2) is 5.78 Å². The van der Waals surface area contributed by atoms with Gasteiger partial charge in [-0.3, -0.25) is 9.59 Å². The molecule has 1 saturated carbocycles. The summed E-state index contributed by atoms with van der Waals surface area (Å²) in [6.07, 6.45) is 4.26. The quantitative estimate of drug-likeness (QED) is 0.838. The first-order valence-electron chi connectivity index (χ1n) is 8.18. The van der Waals surface area contributed by atoms with Gasteiger partial charge in [-0.1, -0.05) is 20.8 Å². The van der Waals surface area contributed by atoms with Gasteiger partial charge in [0, 0.05) is 18.8 Å². The number of hydrogen-bond donors (Lipinski definition) is 2. The van der Waals surface area contributed by atoms with Crippen LogP contribution in [0.25, 0.3) is 0 Å². The van der Waals surface area contributed by atoms with E-state index < -0.39 is 5.54 Å². The summed E-state index contributed by atoms with van der Waals surface area (Å²) in [5.41, 5.74) is 0.442. The lowest BCUT2D eigenvalue weighted by molar-refractivity contribution is 0.0331. The Morgan fingerprint density at radius 2 is 2.04 bits per heavy atom. The van der Waals surface area contributed by atoms with Crippen LogP contribution in [0.5, 0.6) is 0 Å². The molecule has 0 radical (unpaired) electrons. The predicted octanol–water partition coefficient (Wildman–Crippen LogP) is 2.53. The van der Waals surface area contributed by atoms with E-state index in [0.717, 1.165) is 19.3 Å². The molecule has 1 aromatic rings. The second-order valence-corrected chi connectivity index (χ2v) is 8.03. The second kappa shape index (κ2) is 6.11. The largest absolute Gasteiger partial charge is 0.394 e.